The number of nitrogens with one attached hydrogen (secondary N) is 1. The number of rotatable bonds is 6. The van der Waals surface area contributed by atoms with Crippen molar-refractivity contribution in [3.63, 3.8) is 0 Å². The van der Waals surface area contributed by atoms with Crippen LogP contribution in [0, 0.1) is 5.41 Å². The molecular weight excluding hydrogens is 424 g/mol. The third kappa shape index (κ3) is 5.36. The minimum Gasteiger partial charge on any atom is -0.391 e. The Hall–Kier alpha value is -2.29. The maximum absolute atomic E-state index is 13.0. The molecule has 0 saturated carbocycles. The summed E-state index contributed by atoms with van der Waals surface area (Å²) in [6, 6.07) is 6.34. The lowest BCUT2D eigenvalue weighted by atomic mass is 9.86. The average Bonchev–Trinajstić information content (AvgIpc) is 3.38. The van der Waals surface area contributed by atoms with Gasteiger partial charge in [0.05, 0.1) is 28.1 Å². The zero-order chi connectivity index (χ0) is 23.6. The quantitative estimate of drug-likeness (QED) is 0.617. The van der Waals surface area contributed by atoms with Gasteiger partial charge in [-0.2, -0.15) is 0 Å². The van der Waals surface area contributed by atoms with E-state index in [1.807, 2.05) is 58.2 Å². The van der Waals surface area contributed by atoms with Crippen LogP contribution >= 0.6 is 11.3 Å². The van der Waals surface area contributed by atoms with Crippen LogP contribution in [0.2, 0.25) is 0 Å². The monoisotopic (exact) mass is 458 g/mol. The second kappa shape index (κ2) is 9.68. The number of hydrogen-bond acceptors (Lipinski definition) is 6. The van der Waals surface area contributed by atoms with E-state index in [4.69, 9.17) is 5.73 Å². The fraction of sp³-hybridized carbons (Fsp3) is 0.542. The lowest BCUT2D eigenvalue weighted by molar-refractivity contribution is -0.141. The number of aliphatic hydroxyl groups is 1. The third-order valence-corrected chi connectivity index (χ3v) is 7.16. The Labute approximate surface area is 194 Å². The molecule has 1 aromatic heterocycles. The fourth-order valence-corrected chi connectivity index (χ4v) is 4.65. The first-order chi connectivity index (χ1) is 15.0. The van der Waals surface area contributed by atoms with Crippen LogP contribution in [0.25, 0.3) is 10.4 Å². The van der Waals surface area contributed by atoms with Gasteiger partial charge in [-0.15, -0.1) is 11.3 Å². The third-order valence-electron chi connectivity index (χ3n) is 5.97. The molecular formula is C24H34N4O3S. The number of aliphatic hydroxyl groups excluding tert-OH is 1. The molecule has 1 aliphatic heterocycles. The topological polar surface area (TPSA) is 109 Å². The van der Waals surface area contributed by atoms with Crippen molar-refractivity contribution < 1.29 is 14.7 Å². The van der Waals surface area contributed by atoms with Gasteiger partial charge in [0.25, 0.3) is 0 Å². The molecule has 3 rings (SSSR count). The Morgan fingerprint density at radius 3 is 2.53 bits per heavy atom. The largest absolute Gasteiger partial charge is 0.391 e. The predicted octanol–water partition coefficient (Wildman–Crippen LogP) is 2.88. The van der Waals surface area contributed by atoms with Gasteiger partial charge in [0.2, 0.25) is 11.8 Å². The SMILES string of the molecule is CCc1ncc(-c2ccc(C(C)NC(=O)[C@@H]3C[C@@H](O)CN3C(=O)C(N)C(C)(C)C)cc2)s1. The molecule has 2 unspecified atom stereocenters. The van der Waals surface area contributed by atoms with E-state index in [-0.39, 0.29) is 30.8 Å². The molecule has 1 saturated heterocycles. The molecule has 0 aliphatic carbocycles. The van der Waals surface area contributed by atoms with Crippen LogP contribution in [0.5, 0.6) is 0 Å². The Kier molecular flexibility index (Phi) is 7.37. The molecule has 0 bridgehead atoms. The summed E-state index contributed by atoms with van der Waals surface area (Å²) in [5.74, 6) is -0.579. The molecule has 8 heteroatoms. The maximum Gasteiger partial charge on any atom is 0.243 e. The molecule has 2 heterocycles. The molecule has 4 N–H and O–H groups in total. The predicted molar refractivity (Wildman–Crippen MR) is 127 cm³/mol. The van der Waals surface area contributed by atoms with Crippen molar-refractivity contribution in [1.29, 1.82) is 0 Å². The van der Waals surface area contributed by atoms with Gasteiger partial charge < -0.3 is 21.1 Å². The van der Waals surface area contributed by atoms with E-state index >= 15 is 0 Å². The number of carbonyl (C=O) groups excluding carboxylic acids is 2. The Morgan fingerprint density at radius 1 is 1.31 bits per heavy atom. The molecule has 7 nitrogen and oxygen atoms in total. The average molecular weight is 459 g/mol. The molecule has 32 heavy (non-hydrogen) atoms. The number of hydrogen-bond donors (Lipinski definition) is 3. The lowest BCUT2D eigenvalue weighted by Crippen LogP contribution is -2.55. The van der Waals surface area contributed by atoms with Crippen LogP contribution in [-0.4, -0.2) is 51.5 Å². The smallest absolute Gasteiger partial charge is 0.243 e. The van der Waals surface area contributed by atoms with Crippen LogP contribution in [0.3, 0.4) is 0 Å². The first kappa shape index (κ1) is 24.4. The maximum atomic E-state index is 13.0. The number of thiazole rings is 1. The molecule has 1 fully saturated rings. The van der Waals surface area contributed by atoms with Gasteiger partial charge in [0, 0.05) is 19.2 Å². The van der Waals surface area contributed by atoms with E-state index in [2.05, 4.69) is 17.2 Å². The summed E-state index contributed by atoms with van der Waals surface area (Å²) >= 11 is 1.68. The number of β-amino-alcohol motifs (C(OH)–C–C–N with tert-alkyl or cyclic N) is 1. The summed E-state index contributed by atoms with van der Waals surface area (Å²) in [6.07, 6.45) is 2.29. The second-order valence-corrected chi connectivity index (χ2v) is 10.7. The van der Waals surface area contributed by atoms with Gasteiger partial charge in [-0.3, -0.25) is 9.59 Å². The fourth-order valence-electron chi connectivity index (χ4n) is 3.79. The summed E-state index contributed by atoms with van der Waals surface area (Å²) in [6.45, 7) is 9.78. The molecule has 2 aromatic rings. The van der Waals surface area contributed by atoms with Crippen molar-refractivity contribution in [2.45, 2.75) is 71.7 Å². The van der Waals surface area contributed by atoms with Crippen LogP contribution in [0.1, 0.15) is 57.7 Å². The van der Waals surface area contributed by atoms with Crippen LogP contribution in [0.4, 0.5) is 0 Å². The van der Waals surface area contributed by atoms with E-state index < -0.39 is 23.6 Å². The highest BCUT2D eigenvalue weighted by atomic mass is 32.1. The number of aryl methyl sites for hydroxylation is 1. The molecule has 2 amide bonds. The van der Waals surface area contributed by atoms with Crippen LogP contribution in [-0.2, 0) is 16.0 Å². The van der Waals surface area contributed by atoms with Gasteiger partial charge in [0.1, 0.15) is 6.04 Å². The first-order valence-electron chi connectivity index (χ1n) is 11.1. The van der Waals surface area contributed by atoms with Crippen LogP contribution in [0.15, 0.2) is 30.5 Å². The minimum absolute atomic E-state index is 0.123. The standard InChI is InChI=1S/C24H34N4O3S/c1-6-20-26-12-19(32-20)16-9-7-15(8-10-16)14(2)27-22(30)18-11-17(29)13-28(18)23(31)21(25)24(3,4)5/h7-10,12,14,17-18,21,29H,6,11,13,25H2,1-5H3,(H,27,30)/t14?,17-,18+,21?/m1/s1. The van der Waals surface area contributed by atoms with Crippen LogP contribution < -0.4 is 11.1 Å². The van der Waals surface area contributed by atoms with E-state index in [1.165, 1.54) is 4.90 Å². The summed E-state index contributed by atoms with van der Waals surface area (Å²) in [4.78, 5) is 32.9. The van der Waals surface area contributed by atoms with Crippen molar-refractivity contribution in [2.75, 3.05) is 6.54 Å². The Bertz CT molecular complexity index is 951. The Morgan fingerprint density at radius 2 is 1.97 bits per heavy atom. The lowest BCUT2D eigenvalue weighted by Gasteiger charge is -2.32. The molecule has 4 atom stereocenters. The van der Waals surface area contributed by atoms with Crippen molar-refractivity contribution in [3.05, 3.63) is 41.0 Å². The molecule has 0 radical (unpaired) electrons. The van der Waals surface area contributed by atoms with Gasteiger partial charge in [-0.05, 0) is 29.9 Å². The van der Waals surface area contributed by atoms with Crippen molar-refractivity contribution in [2.24, 2.45) is 11.1 Å². The van der Waals surface area contributed by atoms with Gasteiger partial charge in [0.15, 0.2) is 0 Å². The summed E-state index contributed by atoms with van der Waals surface area (Å²) in [7, 11) is 0. The number of nitrogens with two attached hydrogens (primary N) is 1. The van der Waals surface area contributed by atoms with E-state index in [9.17, 15) is 14.7 Å². The number of aromatic nitrogens is 1. The zero-order valence-electron chi connectivity index (χ0n) is 19.5. The van der Waals surface area contributed by atoms with E-state index in [0.717, 1.165) is 27.4 Å². The summed E-state index contributed by atoms with van der Waals surface area (Å²) < 4.78 is 0. The second-order valence-electron chi connectivity index (χ2n) is 9.56. The normalized spacial score (nSPS) is 20.8. The Balaban J connectivity index is 1.68. The summed E-state index contributed by atoms with van der Waals surface area (Å²) in [5, 5.41) is 14.2. The zero-order valence-corrected chi connectivity index (χ0v) is 20.3. The van der Waals surface area contributed by atoms with Crippen molar-refractivity contribution in [1.82, 2.24) is 15.2 Å². The number of likely N-dealkylation sites (tertiary alicyclic amines) is 1. The number of nitrogens with zero attached hydrogens (tertiary/aromatic N) is 2. The van der Waals surface area contributed by atoms with Gasteiger partial charge in [-0.1, -0.05) is 52.0 Å². The number of benzene rings is 1. The van der Waals surface area contributed by atoms with E-state index in [0.29, 0.717) is 0 Å². The molecule has 1 aliphatic rings. The number of amides is 2. The highest BCUT2D eigenvalue weighted by molar-refractivity contribution is 7.15. The molecule has 1 aromatic carbocycles. The van der Waals surface area contributed by atoms with Crippen molar-refractivity contribution >= 4 is 23.2 Å². The van der Waals surface area contributed by atoms with E-state index in [1.54, 1.807) is 11.3 Å². The summed E-state index contributed by atoms with van der Waals surface area (Å²) in [5.41, 5.74) is 7.76. The molecule has 0 spiro atoms. The minimum atomic E-state index is -0.743. The molecule has 174 valence electrons. The van der Waals surface area contributed by atoms with Gasteiger partial charge in [-0.25, -0.2) is 4.98 Å². The van der Waals surface area contributed by atoms with Crippen molar-refractivity contribution in [3.8, 4) is 10.4 Å². The first-order valence-corrected chi connectivity index (χ1v) is 11.9. The van der Waals surface area contributed by atoms with Gasteiger partial charge >= 0.3 is 0 Å². The number of carbonyl (C=O) groups is 2. The highest BCUT2D eigenvalue weighted by Gasteiger charge is 2.42. The highest BCUT2D eigenvalue weighted by Crippen LogP contribution is 2.28.